The third-order valence-electron chi connectivity index (χ3n) is 5.19. The van der Waals surface area contributed by atoms with Crippen molar-refractivity contribution in [1.82, 2.24) is 14.8 Å². The number of aromatic nitrogens is 1. The molecule has 2 heterocycles. The van der Waals surface area contributed by atoms with Gasteiger partial charge in [0.1, 0.15) is 5.69 Å². The fourth-order valence-corrected chi connectivity index (χ4v) is 5.09. The lowest BCUT2D eigenvalue weighted by atomic mass is 10.1. The first-order valence-electron chi connectivity index (χ1n) is 10.0. The molecular weight excluding hydrogens is 438 g/mol. The van der Waals surface area contributed by atoms with Gasteiger partial charge < -0.3 is 9.84 Å². The normalized spacial score (nSPS) is 15.0. The Bertz CT molecular complexity index is 1150. The number of sulfonamides is 1. The molecule has 1 saturated heterocycles. The Morgan fingerprint density at radius 2 is 1.71 bits per heavy atom. The monoisotopic (exact) mass is 459 g/mol. The van der Waals surface area contributed by atoms with Crippen molar-refractivity contribution in [1.29, 1.82) is 0 Å². The number of hydrogen-bond acceptors (Lipinski definition) is 5. The molecule has 1 aromatic heterocycles. The van der Waals surface area contributed by atoms with E-state index in [1.165, 1.54) is 28.6 Å². The highest BCUT2D eigenvalue weighted by molar-refractivity contribution is 7.89. The average molecular weight is 460 g/mol. The minimum absolute atomic E-state index is 0.184. The van der Waals surface area contributed by atoms with Gasteiger partial charge in [-0.05, 0) is 61.4 Å². The van der Waals surface area contributed by atoms with Crippen molar-refractivity contribution >= 4 is 27.5 Å². The van der Waals surface area contributed by atoms with Gasteiger partial charge in [0.2, 0.25) is 10.0 Å². The molecular formula is C22H22ClN3O4S. The SMILES string of the molecule is O=C(NCc1cc(-c2ccc(Cl)cc2)on1)c1ccc(S(=O)(=O)N2CCCCC2)cc1. The van der Waals surface area contributed by atoms with Gasteiger partial charge in [-0.25, -0.2) is 8.42 Å². The Kier molecular flexibility index (Phi) is 6.41. The minimum Gasteiger partial charge on any atom is -0.356 e. The zero-order valence-corrected chi connectivity index (χ0v) is 18.3. The highest BCUT2D eigenvalue weighted by Gasteiger charge is 2.25. The van der Waals surface area contributed by atoms with E-state index in [1.54, 1.807) is 18.2 Å². The van der Waals surface area contributed by atoms with Crippen LogP contribution >= 0.6 is 11.6 Å². The molecule has 0 atom stereocenters. The number of piperidine rings is 1. The molecule has 0 spiro atoms. The van der Waals surface area contributed by atoms with Crippen molar-refractivity contribution in [3.05, 3.63) is 70.9 Å². The van der Waals surface area contributed by atoms with E-state index >= 15 is 0 Å². The maximum atomic E-state index is 12.7. The van der Waals surface area contributed by atoms with Gasteiger partial charge in [0, 0.05) is 35.3 Å². The van der Waals surface area contributed by atoms with Crippen LogP contribution in [0.4, 0.5) is 0 Å². The van der Waals surface area contributed by atoms with Crippen molar-refractivity contribution in [3.63, 3.8) is 0 Å². The van der Waals surface area contributed by atoms with E-state index in [1.807, 2.05) is 12.1 Å². The highest BCUT2D eigenvalue weighted by atomic mass is 35.5. The van der Waals surface area contributed by atoms with Gasteiger partial charge >= 0.3 is 0 Å². The lowest BCUT2D eigenvalue weighted by Gasteiger charge is -2.25. The first-order chi connectivity index (χ1) is 14.9. The Hall–Kier alpha value is -2.68. The first kappa shape index (κ1) is 21.5. The second kappa shape index (κ2) is 9.21. The third-order valence-corrected chi connectivity index (χ3v) is 7.35. The number of nitrogens with zero attached hydrogens (tertiary/aromatic N) is 2. The maximum Gasteiger partial charge on any atom is 0.251 e. The number of carbonyl (C=O) groups is 1. The molecule has 3 aromatic rings. The molecule has 1 fully saturated rings. The number of carbonyl (C=O) groups excluding carboxylic acids is 1. The summed E-state index contributed by atoms with van der Waals surface area (Å²) in [5.41, 5.74) is 1.78. The predicted molar refractivity (Wildman–Crippen MR) is 117 cm³/mol. The van der Waals surface area contributed by atoms with Crippen molar-refractivity contribution < 1.29 is 17.7 Å². The van der Waals surface area contributed by atoms with Crippen LogP contribution in [-0.4, -0.2) is 36.9 Å². The van der Waals surface area contributed by atoms with E-state index in [0.717, 1.165) is 24.8 Å². The Morgan fingerprint density at radius 1 is 1.03 bits per heavy atom. The third kappa shape index (κ3) is 4.98. The standard InChI is InChI=1S/C22H22ClN3O4S/c23-18-8-4-16(5-9-18)21-14-19(25-30-21)15-24-22(27)17-6-10-20(11-7-17)31(28,29)26-12-2-1-3-13-26/h4-11,14H,1-3,12-13,15H2,(H,24,27). The smallest absolute Gasteiger partial charge is 0.251 e. The Labute approximate surface area is 186 Å². The molecule has 0 saturated carbocycles. The molecule has 7 nitrogen and oxygen atoms in total. The molecule has 1 aliphatic heterocycles. The van der Waals surface area contributed by atoms with Crippen LogP contribution in [-0.2, 0) is 16.6 Å². The van der Waals surface area contributed by atoms with Gasteiger partial charge in [0.05, 0.1) is 11.4 Å². The van der Waals surface area contributed by atoms with Gasteiger partial charge in [-0.2, -0.15) is 4.31 Å². The van der Waals surface area contributed by atoms with Crippen LogP contribution in [0, 0.1) is 0 Å². The molecule has 0 unspecified atom stereocenters. The molecule has 162 valence electrons. The van der Waals surface area contributed by atoms with Crippen molar-refractivity contribution in [3.8, 4) is 11.3 Å². The summed E-state index contributed by atoms with van der Waals surface area (Å²) >= 11 is 5.89. The zero-order valence-electron chi connectivity index (χ0n) is 16.8. The number of nitrogens with one attached hydrogen (secondary N) is 1. The molecule has 1 N–H and O–H groups in total. The molecule has 2 aromatic carbocycles. The average Bonchev–Trinajstić information content (AvgIpc) is 3.28. The quantitative estimate of drug-likeness (QED) is 0.599. The summed E-state index contributed by atoms with van der Waals surface area (Å²) in [5, 5.41) is 7.37. The minimum atomic E-state index is -3.52. The summed E-state index contributed by atoms with van der Waals surface area (Å²) in [6.07, 6.45) is 2.81. The maximum absolute atomic E-state index is 12.7. The summed E-state index contributed by atoms with van der Waals surface area (Å²) in [4.78, 5) is 12.7. The second-order valence-electron chi connectivity index (χ2n) is 7.36. The van der Waals surface area contributed by atoms with Gasteiger partial charge in [0.25, 0.3) is 5.91 Å². The predicted octanol–water partition coefficient (Wildman–Crippen LogP) is 4.10. The summed E-state index contributed by atoms with van der Waals surface area (Å²) in [7, 11) is -3.52. The molecule has 0 aliphatic carbocycles. The zero-order chi connectivity index (χ0) is 21.8. The lowest BCUT2D eigenvalue weighted by Crippen LogP contribution is -2.35. The van der Waals surface area contributed by atoms with Gasteiger partial charge in [-0.1, -0.05) is 23.2 Å². The number of rotatable bonds is 6. The number of hydrogen-bond donors (Lipinski definition) is 1. The van der Waals surface area contributed by atoms with Crippen molar-refractivity contribution in [2.45, 2.75) is 30.7 Å². The van der Waals surface area contributed by atoms with E-state index in [9.17, 15) is 13.2 Å². The fourth-order valence-electron chi connectivity index (χ4n) is 3.45. The summed E-state index contributed by atoms with van der Waals surface area (Å²) in [6.45, 7) is 1.27. The van der Waals surface area contributed by atoms with Crippen LogP contribution in [0.15, 0.2) is 64.0 Å². The van der Waals surface area contributed by atoms with Crippen LogP contribution in [0.25, 0.3) is 11.3 Å². The van der Waals surface area contributed by atoms with Gasteiger partial charge in [-0.15, -0.1) is 0 Å². The summed E-state index contributed by atoms with van der Waals surface area (Å²) in [6, 6.07) is 14.9. The molecule has 0 bridgehead atoms. The van der Waals surface area contributed by atoms with E-state index in [-0.39, 0.29) is 17.3 Å². The second-order valence-corrected chi connectivity index (χ2v) is 9.74. The van der Waals surface area contributed by atoms with Gasteiger partial charge in [0.15, 0.2) is 5.76 Å². The topological polar surface area (TPSA) is 92.5 Å². The van der Waals surface area contributed by atoms with Crippen LogP contribution in [0.3, 0.4) is 0 Å². The van der Waals surface area contributed by atoms with Crippen LogP contribution < -0.4 is 5.32 Å². The molecule has 1 amide bonds. The van der Waals surface area contributed by atoms with Crippen LogP contribution in [0.5, 0.6) is 0 Å². The van der Waals surface area contributed by atoms with E-state index in [0.29, 0.717) is 35.1 Å². The van der Waals surface area contributed by atoms with E-state index < -0.39 is 10.0 Å². The molecule has 31 heavy (non-hydrogen) atoms. The summed E-state index contributed by atoms with van der Waals surface area (Å²) < 4.78 is 32.3. The molecule has 4 rings (SSSR count). The van der Waals surface area contributed by atoms with Gasteiger partial charge in [-0.3, -0.25) is 4.79 Å². The lowest BCUT2D eigenvalue weighted by molar-refractivity contribution is 0.0950. The number of amides is 1. The Morgan fingerprint density at radius 3 is 2.39 bits per heavy atom. The van der Waals surface area contributed by atoms with E-state index in [4.69, 9.17) is 16.1 Å². The number of halogens is 1. The summed E-state index contributed by atoms with van der Waals surface area (Å²) in [5.74, 6) is 0.256. The van der Waals surface area contributed by atoms with E-state index in [2.05, 4.69) is 10.5 Å². The largest absolute Gasteiger partial charge is 0.356 e. The molecule has 0 radical (unpaired) electrons. The van der Waals surface area contributed by atoms with Crippen molar-refractivity contribution in [2.75, 3.05) is 13.1 Å². The van der Waals surface area contributed by atoms with Crippen LogP contribution in [0.1, 0.15) is 35.3 Å². The highest BCUT2D eigenvalue weighted by Crippen LogP contribution is 2.23. The number of benzene rings is 2. The first-order valence-corrected chi connectivity index (χ1v) is 11.9. The molecule has 1 aliphatic rings. The molecule has 9 heteroatoms. The Balaban J connectivity index is 1.37. The van der Waals surface area contributed by atoms with Crippen LogP contribution in [0.2, 0.25) is 5.02 Å². The fraction of sp³-hybridized carbons (Fsp3) is 0.273. The van der Waals surface area contributed by atoms with Crippen molar-refractivity contribution in [2.24, 2.45) is 0 Å².